The summed E-state index contributed by atoms with van der Waals surface area (Å²) in [5.74, 6) is 0. The van der Waals surface area contributed by atoms with Crippen molar-refractivity contribution in [3.05, 3.63) is 0 Å². The second kappa shape index (κ2) is 4.72. The molecular weight excluding hydrogens is 168 g/mol. The van der Waals surface area contributed by atoms with E-state index in [9.17, 15) is 4.79 Å². The van der Waals surface area contributed by atoms with Crippen LogP contribution in [-0.2, 0) is 9.53 Å². The van der Waals surface area contributed by atoms with Gasteiger partial charge in [0, 0.05) is 12.0 Å². The van der Waals surface area contributed by atoms with Gasteiger partial charge in [0.25, 0.3) is 0 Å². The summed E-state index contributed by atoms with van der Waals surface area (Å²) < 4.78 is 5.30. The highest BCUT2D eigenvalue weighted by Gasteiger charge is 2.32. The first-order valence-corrected chi connectivity index (χ1v) is 4.91. The summed E-state index contributed by atoms with van der Waals surface area (Å²) in [6, 6.07) is 0. The molecule has 3 nitrogen and oxygen atoms in total. The summed E-state index contributed by atoms with van der Waals surface area (Å²) in [6.45, 7) is 3.05. The van der Waals surface area contributed by atoms with Gasteiger partial charge in [0.2, 0.25) is 0 Å². The summed E-state index contributed by atoms with van der Waals surface area (Å²) in [5.41, 5.74) is -0.310. The van der Waals surface area contributed by atoms with Crippen LogP contribution in [0.15, 0.2) is 0 Å². The summed E-state index contributed by atoms with van der Waals surface area (Å²) in [4.78, 5) is 10.9. The van der Waals surface area contributed by atoms with Crippen LogP contribution in [0.4, 0.5) is 0 Å². The van der Waals surface area contributed by atoms with Crippen LogP contribution >= 0.6 is 0 Å². The topological polar surface area (TPSA) is 46.5 Å². The Hall–Kier alpha value is -0.410. The fourth-order valence-electron chi connectivity index (χ4n) is 1.72. The van der Waals surface area contributed by atoms with Crippen molar-refractivity contribution in [2.24, 2.45) is 5.41 Å². The molecular formula is C10H18O3. The summed E-state index contributed by atoms with van der Waals surface area (Å²) in [6.07, 6.45) is 3.98. The Bertz CT molecular complexity index is 160. The molecule has 3 heteroatoms. The second-order valence-electron chi connectivity index (χ2n) is 4.02. The lowest BCUT2D eigenvalue weighted by atomic mass is 9.79. The predicted molar refractivity (Wildman–Crippen MR) is 49.5 cm³/mol. The van der Waals surface area contributed by atoms with Crippen molar-refractivity contribution < 1.29 is 14.6 Å². The molecule has 13 heavy (non-hydrogen) atoms. The predicted octanol–water partition coefficient (Wildman–Crippen LogP) is 1.14. The lowest BCUT2D eigenvalue weighted by molar-refractivity contribution is -0.124. The summed E-state index contributed by atoms with van der Waals surface area (Å²) in [7, 11) is 0. The summed E-state index contributed by atoms with van der Waals surface area (Å²) >= 11 is 0. The van der Waals surface area contributed by atoms with Gasteiger partial charge in [-0.25, -0.2) is 0 Å². The van der Waals surface area contributed by atoms with Crippen molar-refractivity contribution in [1.29, 1.82) is 0 Å². The molecule has 1 heterocycles. The van der Waals surface area contributed by atoms with Crippen molar-refractivity contribution in [3.8, 4) is 0 Å². The van der Waals surface area contributed by atoms with E-state index in [0.717, 1.165) is 32.2 Å². The molecule has 0 radical (unpaired) electrons. The van der Waals surface area contributed by atoms with Crippen molar-refractivity contribution in [1.82, 2.24) is 0 Å². The Balaban J connectivity index is 2.42. The molecule has 1 fully saturated rings. The van der Waals surface area contributed by atoms with Gasteiger partial charge in [0.05, 0.1) is 12.7 Å². The lowest BCUT2D eigenvalue weighted by Crippen LogP contribution is -2.34. The zero-order valence-corrected chi connectivity index (χ0v) is 8.16. The first-order valence-electron chi connectivity index (χ1n) is 4.91. The fourth-order valence-corrected chi connectivity index (χ4v) is 1.72. The SMILES string of the molecule is CC(O)CCC1(C=O)CCCOC1. The van der Waals surface area contributed by atoms with Gasteiger partial charge in [-0.15, -0.1) is 0 Å². The molecule has 0 spiro atoms. The second-order valence-corrected chi connectivity index (χ2v) is 4.02. The Morgan fingerprint density at radius 2 is 2.46 bits per heavy atom. The van der Waals surface area contributed by atoms with Crippen LogP contribution in [-0.4, -0.2) is 30.7 Å². The van der Waals surface area contributed by atoms with Gasteiger partial charge in [0.1, 0.15) is 6.29 Å². The standard InChI is InChI=1S/C10H18O3/c1-9(12)3-5-10(7-11)4-2-6-13-8-10/h7,9,12H,2-6,8H2,1H3. The van der Waals surface area contributed by atoms with E-state index in [1.165, 1.54) is 0 Å². The number of aliphatic hydroxyl groups is 1. The minimum absolute atomic E-state index is 0.310. The number of carbonyl (C=O) groups is 1. The van der Waals surface area contributed by atoms with E-state index in [1.54, 1.807) is 6.92 Å². The number of carbonyl (C=O) groups excluding carboxylic acids is 1. The zero-order chi connectivity index (χ0) is 9.73. The molecule has 0 aromatic carbocycles. The number of rotatable bonds is 4. The highest BCUT2D eigenvalue weighted by atomic mass is 16.5. The maximum atomic E-state index is 10.9. The van der Waals surface area contributed by atoms with Crippen molar-refractivity contribution in [3.63, 3.8) is 0 Å². The van der Waals surface area contributed by atoms with Gasteiger partial charge >= 0.3 is 0 Å². The first kappa shape index (κ1) is 10.7. The van der Waals surface area contributed by atoms with E-state index in [1.807, 2.05) is 0 Å². The van der Waals surface area contributed by atoms with Crippen LogP contribution < -0.4 is 0 Å². The molecule has 2 unspecified atom stereocenters. The van der Waals surface area contributed by atoms with Crippen LogP contribution in [0.1, 0.15) is 32.6 Å². The van der Waals surface area contributed by atoms with Crippen LogP contribution in [0.25, 0.3) is 0 Å². The fraction of sp³-hybridized carbons (Fsp3) is 0.900. The normalized spacial score (nSPS) is 31.2. The molecule has 1 N–H and O–H groups in total. The highest BCUT2D eigenvalue weighted by molar-refractivity contribution is 5.59. The third kappa shape index (κ3) is 3.08. The molecule has 1 saturated heterocycles. The molecule has 2 atom stereocenters. The minimum Gasteiger partial charge on any atom is -0.393 e. The first-order chi connectivity index (χ1) is 6.18. The molecule has 0 aliphatic carbocycles. The number of ether oxygens (including phenoxy) is 1. The number of hydrogen-bond donors (Lipinski definition) is 1. The van der Waals surface area contributed by atoms with Crippen LogP contribution in [0, 0.1) is 5.41 Å². The van der Waals surface area contributed by atoms with Gasteiger partial charge in [-0.3, -0.25) is 0 Å². The number of hydrogen-bond acceptors (Lipinski definition) is 3. The van der Waals surface area contributed by atoms with E-state index >= 15 is 0 Å². The third-order valence-corrected chi connectivity index (χ3v) is 2.66. The molecule has 0 aromatic heterocycles. The van der Waals surface area contributed by atoms with E-state index in [0.29, 0.717) is 13.0 Å². The highest BCUT2D eigenvalue weighted by Crippen LogP contribution is 2.31. The van der Waals surface area contributed by atoms with E-state index in [2.05, 4.69) is 0 Å². The average molecular weight is 186 g/mol. The quantitative estimate of drug-likeness (QED) is 0.670. The monoisotopic (exact) mass is 186 g/mol. The zero-order valence-electron chi connectivity index (χ0n) is 8.16. The van der Waals surface area contributed by atoms with Crippen LogP contribution in [0.2, 0.25) is 0 Å². The molecule has 1 aliphatic heterocycles. The molecule has 76 valence electrons. The molecule has 1 rings (SSSR count). The Labute approximate surface area is 79.1 Å². The lowest BCUT2D eigenvalue weighted by Gasteiger charge is -2.32. The van der Waals surface area contributed by atoms with E-state index in [-0.39, 0.29) is 11.5 Å². The van der Waals surface area contributed by atoms with Gasteiger partial charge < -0.3 is 14.6 Å². The van der Waals surface area contributed by atoms with Crippen LogP contribution in [0.3, 0.4) is 0 Å². The molecule has 0 aromatic rings. The Morgan fingerprint density at radius 1 is 1.69 bits per heavy atom. The molecule has 0 saturated carbocycles. The van der Waals surface area contributed by atoms with Gasteiger partial charge in [0.15, 0.2) is 0 Å². The van der Waals surface area contributed by atoms with Crippen molar-refractivity contribution in [2.45, 2.75) is 38.7 Å². The van der Waals surface area contributed by atoms with E-state index in [4.69, 9.17) is 9.84 Å². The molecule has 1 aliphatic rings. The largest absolute Gasteiger partial charge is 0.393 e. The van der Waals surface area contributed by atoms with Crippen LogP contribution in [0.5, 0.6) is 0 Å². The van der Waals surface area contributed by atoms with Gasteiger partial charge in [-0.1, -0.05) is 0 Å². The summed E-state index contributed by atoms with van der Waals surface area (Å²) in [5, 5.41) is 9.14. The Morgan fingerprint density at radius 3 is 2.92 bits per heavy atom. The Kier molecular flexibility index (Phi) is 3.88. The van der Waals surface area contributed by atoms with Crippen molar-refractivity contribution in [2.75, 3.05) is 13.2 Å². The third-order valence-electron chi connectivity index (χ3n) is 2.66. The maximum absolute atomic E-state index is 10.9. The minimum atomic E-state index is -0.321. The van der Waals surface area contributed by atoms with Crippen molar-refractivity contribution >= 4 is 6.29 Å². The van der Waals surface area contributed by atoms with Gasteiger partial charge in [-0.2, -0.15) is 0 Å². The van der Waals surface area contributed by atoms with E-state index < -0.39 is 0 Å². The molecule has 0 amide bonds. The number of aldehydes is 1. The molecule has 0 bridgehead atoms. The maximum Gasteiger partial charge on any atom is 0.128 e. The smallest absolute Gasteiger partial charge is 0.128 e. The van der Waals surface area contributed by atoms with Gasteiger partial charge in [-0.05, 0) is 32.6 Å². The average Bonchev–Trinajstić information content (AvgIpc) is 2.16. The number of aliphatic hydroxyl groups excluding tert-OH is 1.